The highest BCUT2D eigenvalue weighted by atomic mass is 35.5. The summed E-state index contributed by atoms with van der Waals surface area (Å²) in [6, 6.07) is 12.8. The molecule has 0 radical (unpaired) electrons. The highest BCUT2D eigenvalue weighted by Gasteiger charge is 2.25. The van der Waals surface area contributed by atoms with E-state index < -0.39 is 5.97 Å². The summed E-state index contributed by atoms with van der Waals surface area (Å²) in [6.07, 6.45) is 2.53. The molecule has 0 saturated heterocycles. The molecular formula is C19H16ClNO3. The first-order valence-corrected chi connectivity index (χ1v) is 7.94. The molecule has 0 spiro atoms. The van der Waals surface area contributed by atoms with Crippen LogP contribution in [-0.2, 0) is 16.0 Å². The molecule has 2 aromatic carbocycles. The number of aryl methyl sites for hydroxylation is 1. The Kier molecular flexibility index (Phi) is 4.67. The van der Waals surface area contributed by atoms with E-state index in [0.29, 0.717) is 10.6 Å². The van der Waals surface area contributed by atoms with Crippen LogP contribution in [0, 0.1) is 0 Å². The monoisotopic (exact) mass is 341 g/mol. The van der Waals surface area contributed by atoms with Crippen molar-refractivity contribution in [1.82, 2.24) is 0 Å². The molecule has 0 amide bonds. The van der Waals surface area contributed by atoms with Crippen molar-refractivity contribution in [1.29, 1.82) is 0 Å². The van der Waals surface area contributed by atoms with Crippen molar-refractivity contribution >= 4 is 29.5 Å². The Morgan fingerprint density at radius 1 is 1.25 bits per heavy atom. The van der Waals surface area contributed by atoms with E-state index in [1.807, 2.05) is 37.3 Å². The predicted octanol–water partition coefficient (Wildman–Crippen LogP) is 4.26. The first-order valence-electron chi connectivity index (χ1n) is 7.56. The minimum absolute atomic E-state index is 0.223. The fourth-order valence-electron chi connectivity index (χ4n) is 2.48. The van der Waals surface area contributed by atoms with Crippen molar-refractivity contribution in [2.45, 2.75) is 13.3 Å². The van der Waals surface area contributed by atoms with Gasteiger partial charge < -0.3 is 9.47 Å². The molecule has 1 aliphatic rings. The van der Waals surface area contributed by atoms with E-state index in [-0.39, 0.29) is 11.6 Å². The Morgan fingerprint density at radius 2 is 2.04 bits per heavy atom. The van der Waals surface area contributed by atoms with Gasteiger partial charge in [-0.1, -0.05) is 36.7 Å². The van der Waals surface area contributed by atoms with Gasteiger partial charge in [0.25, 0.3) is 0 Å². The predicted molar refractivity (Wildman–Crippen MR) is 94.4 cm³/mol. The summed E-state index contributed by atoms with van der Waals surface area (Å²) in [4.78, 5) is 16.4. The SMILES string of the molecule is CCc1cc(/C=C2/N=C(c3ccccc3Cl)OC2=O)ccc1OC. The lowest BCUT2D eigenvalue weighted by Gasteiger charge is -2.07. The average molecular weight is 342 g/mol. The normalized spacial score (nSPS) is 15.4. The summed E-state index contributed by atoms with van der Waals surface area (Å²) in [5.74, 6) is 0.564. The highest BCUT2D eigenvalue weighted by Crippen LogP contribution is 2.25. The Labute approximate surface area is 145 Å². The average Bonchev–Trinajstić information content (AvgIpc) is 2.95. The summed E-state index contributed by atoms with van der Waals surface area (Å²) < 4.78 is 10.6. The van der Waals surface area contributed by atoms with Crippen molar-refractivity contribution in [3.8, 4) is 5.75 Å². The molecule has 122 valence electrons. The highest BCUT2D eigenvalue weighted by molar-refractivity contribution is 6.34. The van der Waals surface area contributed by atoms with Gasteiger partial charge in [-0.05, 0) is 47.9 Å². The molecule has 1 aliphatic heterocycles. The van der Waals surface area contributed by atoms with Crippen molar-refractivity contribution in [3.63, 3.8) is 0 Å². The zero-order chi connectivity index (χ0) is 17.1. The summed E-state index contributed by atoms with van der Waals surface area (Å²) in [7, 11) is 1.64. The Morgan fingerprint density at radius 3 is 2.75 bits per heavy atom. The van der Waals surface area contributed by atoms with E-state index in [2.05, 4.69) is 4.99 Å². The Balaban J connectivity index is 1.96. The number of hydrogen-bond donors (Lipinski definition) is 0. The fourth-order valence-corrected chi connectivity index (χ4v) is 2.70. The minimum atomic E-state index is -0.487. The van der Waals surface area contributed by atoms with Gasteiger partial charge in [0.15, 0.2) is 5.70 Å². The lowest BCUT2D eigenvalue weighted by Crippen LogP contribution is -2.05. The molecular weight excluding hydrogens is 326 g/mol. The van der Waals surface area contributed by atoms with Crippen LogP contribution in [0.4, 0.5) is 0 Å². The molecule has 0 N–H and O–H groups in total. The van der Waals surface area contributed by atoms with Crippen molar-refractivity contribution in [3.05, 3.63) is 69.9 Å². The van der Waals surface area contributed by atoms with Crippen LogP contribution in [0.2, 0.25) is 5.02 Å². The van der Waals surface area contributed by atoms with Crippen LogP contribution in [0.5, 0.6) is 5.75 Å². The maximum Gasteiger partial charge on any atom is 0.363 e. The largest absolute Gasteiger partial charge is 0.496 e. The topological polar surface area (TPSA) is 47.9 Å². The quantitative estimate of drug-likeness (QED) is 0.616. The van der Waals surface area contributed by atoms with E-state index in [0.717, 1.165) is 23.3 Å². The number of rotatable bonds is 4. The van der Waals surface area contributed by atoms with Gasteiger partial charge in [-0.2, -0.15) is 0 Å². The lowest BCUT2D eigenvalue weighted by atomic mass is 10.1. The van der Waals surface area contributed by atoms with Crippen LogP contribution in [-0.4, -0.2) is 19.0 Å². The molecule has 1 heterocycles. The maximum absolute atomic E-state index is 12.1. The van der Waals surface area contributed by atoms with Gasteiger partial charge in [0.05, 0.1) is 17.7 Å². The number of nitrogens with zero attached hydrogens (tertiary/aromatic N) is 1. The molecule has 0 unspecified atom stereocenters. The number of esters is 1. The van der Waals surface area contributed by atoms with Gasteiger partial charge in [-0.3, -0.25) is 0 Å². The zero-order valence-corrected chi connectivity index (χ0v) is 14.1. The van der Waals surface area contributed by atoms with Gasteiger partial charge in [0.1, 0.15) is 5.75 Å². The van der Waals surface area contributed by atoms with Gasteiger partial charge in [0, 0.05) is 0 Å². The van der Waals surface area contributed by atoms with E-state index in [9.17, 15) is 4.79 Å². The van der Waals surface area contributed by atoms with Gasteiger partial charge >= 0.3 is 5.97 Å². The molecule has 0 saturated carbocycles. The third kappa shape index (κ3) is 3.19. The van der Waals surface area contributed by atoms with Crippen LogP contribution in [0.15, 0.2) is 53.2 Å². The van der Waals surface area contributed by atoms with Gasteiger partial charge in [0.2, 0.25) is 5.90 Å². The molecule has 4 nitrogen and oxygen atoms in total. The number of hydrogen-bond acceptors (Lipinski definition) is 4. The number of carbonyl (C=O) groups excluding carboxylic acids is 1. The fraction of sp³-hybridized carbons (Fsp3) is 0.158. The first-order chi connectivity index (χ1) is 11.6. The number of ether oxygens (including phenoxy) is 2. The summed E-state index contributed by atoms with van der Waals surface area (Å²) >= 11 is 6.13. The summed E-state index contributed by atoms with van der Waals surface area (Å²) in [5, 5.41) is 0.489. The van der Waals surface area contributed by atoms with Gasteiger partial charge in [-0.25, -0.2) is 9.79 Å². The van der Waals surface area contributed by atoms with Crippen molar-refractivity contribution < 1.29 is 14.3 Å². The van der Waals surface area contributed by atoms with Crippen LogP contribution < -0.4 is 4.74 Å². The molecule has 0 fully saturated rings. The molecule has 24 heavy (non-hydrogen) atoms. The number of methoxy groups -OCH3 is 1. The van der Waals surface area contributed by atoms with Crippen LogP contribution in [0.25, 0.3) is 6.08 Å². The molecule has 2 aromatic rings. The number of carbonyl (C=O) groups is 1. The maximum atomic E-state index is 12.1. The van der Waals surface area contributed by atoms with E-state index in [4.69, 9.17) is 21.1 Å². The zero-order valence-electron chi connectivity index (χ0n) is 13.4. The number of benzene rings is 2. The molecule has 5 heteroatoms. The third-order valence-electron chi connectivity index (χ3n) is 3.71. The first kappa shape index (κ1) is 16.3. The molecule has 0 aliphatic carbocycles. The second-order valence-corrected chi connectivity index (χ2v) is 5.65. The minimum Gasteiger partial charge on any atom is -0.496 e. The molecule has 0 bridgehead atoms. The second kappa shape index (κ2) is 6.89. The summed E-state index contributed by atoms with van der Waals surface area (Å²) in [6.45, 7) is 2.05. The van der Waals surface area contributed by atoms with E-state index in [1.54, 1.807) is 25.3 Å². The number of halogens is 1. The number of aliphatic imine (C=N–C) groups is 1. The molecule has 3 rings (SSSR count). The number of cyclic esters (lactones) is 1. The molecule has 0 atom stereocenters. The smallest absolute Gasteiger partial charge is 0.363 e. The Bertz CT molecular complexity index is 855. The van der Waals surface area contributed by atoms with E-state index in [1.165, 1.54) is 0 Å². The van der Waals surface area contributed by atoms with Crippen LogP contribution in [0.3, 0.4) is 0 Å². The lowest BCUT2D eigenvalue weighted by molar-refractivity contribution is -0.129. The second-order valence-electron chi connectivity index (χ2n) is 5.24. The summed E-state index contributed by atoms with van der Waals surface area (Å²) in [5.41, 5.74) is 2.77. The van der Waals surface area contributed by atoms with Gasteiger partial charge in [-0.15, -0.1) is 0 Å². The standard InChI is InChI=1S/C19H16ClNO3/c1-3-13-10-12(8-9-17(13)23-2)11-16-19(22)24-18(21-16)14-6-4-5-7-15(14)20/h4-11H,3H2,1-2H3/b16-11+. The Hall–Kier alpha value is -2.59. The third-order valence-corrected chi connectivity index (χ3v) is 4.04. The van der Waals surface area contributed by atoms with E-state index >= 15 is 0 Å². The van der Waals surface area contributed by atoms with Crippen LogP contribution in [0.1, 0.15) is 23.6 Å². The van der Waals surface area contributed by atoms with Crippen LogP contribution >= 0.6 is 11.6 Å². The molecule has 0 aromatic heterocycles. The van der Waals surface area contributed by atoms with Crippen molar-refractivity contribution in [2.75, 3.05) is 7.11 Å². The van der Waals surface area contributed by atoms with Crippen molar-refractivity contribution in [2.24, 2.45) is 4.99 Å².